The molecule has 2 atom stereocenters. The number of benzene rings is 2. The van der Waals surface area contributed by atoms with E-state index in [2.05, 4.69) is 5.32 Å². The SMILES string of the molecule is COC(=O)C1=C(C)N(C)C(=O)NC1c1ccc(N=Cc2c3c(nc4ccccc24)-c2cc4c(c(=O)n2C3)COC(=O)C[C@@H]4O)cc1. The number of para-hydroxylation sites is 1. The number of nitrogens with one attached hydrogen (secondary N) is 1. The van der Waals surface area contributed by atoms with Gasteiger partial charge < -0.3 is 29.4 Å². The van der Waals surface area contributed by atoms with Crippen LogP contribution in [-0.4, -0.2) is 57.9 Å². The Balaban J connectivity index is 1.27. The summed E-state index contributed by atoms with van der Waals surface area (Å²) in [5, 5.41) is 14.4. The average molecular weight is 620 g/mol. The highest BCUT2D eigenvalue weighted by Crippen LogP contribution is 2.38. The lowest BCUT2D eigenvalue weighted by Gasteiger charge is -2.33. The maximum Gasteiger partial charge on any atom is 0.337 e. The van der Waals surface area contributed by atoms with E-state index in [0.29, 0.717) is 45.0 Å². The quantitative estimate of drug-likeness (QED) is 0.228. The van der Waals surface area contributed by atoms with Crippen LogP contribution in [0.15, 0.2) is 75.7 Å². The number of esters is 2. The summed E-state index contributed by atoms with van der Waals surface area (Å²) in [5.41, 5.74) is 5.95. The molecule has 0 fully saturated rings. The van der Waals surface area contributed by atoms with E-state index in [1.165, 1.54) is 12.0 Å². The van der Waals surface area contributed by atoms with E-state index < -0.39 is 24.1 Å². The van der Waals surface area contributed by atoms with E-state index in [1.807, 2.05) is 24.3 Å². The molecular formula is C34H29N5O7. The third-order valence-corrected chi connectivity index (χ3v) is 8.86. The Kier molecular flexibility index (Phi) is 7.01. The third-order valence-electron chi connectivity index (χ3n) is 8.86. The zero-order valence-corrected chi connectivity index (χ0v) is 25.2. The number of amides is 2. The molecule has 0 saturated carbocycles. The zero-order valence-electron chi connectivity index (χ0n) is 25.2. The number of aliphatic hydroxyl groups excluding tert-OH is 1. The van der Waals surface area contributed by atoms with Crippen LogP contribution in [0.1, 0.15) is 53.3 Å². The number of fused-ring (bicyclic) bond motifs is 5. The van der Waals surface area contributed by atoms with Crippen LogP contribution < -0.4 is 10.9 Å². The molecule has 3 aliphatic heterocycles. The highest BCUT2D eigenvalue weighted by Gasteiger charge is 2.35. The second-order valence-corrected chi connectivity index (χ2v) is 11.4. The van der Waals surface area contributed by atoms with Crippen LogP contribution in [0.2, 0.25) is 0 Å². The van der Waals surface area contributed by atoms with Crippen molar-refractivity contribution in [3.63, 3.8) is 0 Å². The molecule has 0 aliphatic carbocycles. The fourth-order valence-electron chi connectivity index (χ4n) is 6.29. The minimum atomic E-state index is -1.15. The summed E-state index contributed by atoms with van der Waals surface area (Å²) in [5.74, 6) is -1.09. The second-order valence-electron chi connectivity index (χ2n) is 11.4. The number of pyridine rings is 2. The molecule has 0 bridgehead atoms. The number of aliphatic hydroxyl groups is 1. The number of hydrogen-bond acceptors (Lipinski definition) is 9. The Morgan fingerprint density at radius 1 is 1.13 bits per heavy atom. The monoisotopic (exact) mass is 619 g/mol. The lowest BCUT2D eigenvalue weighted by molar-refractivity contribution is -0.146. The van der Waals surface area contributed by atoms with E-state index >= 15 is 0 Å². The van der Waals surface area contributed by atoms with Crippen LogP contribution in [0.4, 0.5) is 10.5 Å². The molecule has 0 radical (unpaired) electrons. The Morgan fingerprint density at radius 3 is 2.65 bits per heavy atom. The van der Waals surface area contributed by atoms with Gasteiger partial charge in [0.15, 0.2) is 0 Å². The number of nitrogens with zero attached hydrogens (tertiary/aromatic N) is 4. The first-order valence-corrected chi connectivity index (χ1v) is 14.7. The van der Waals surface area contributed by atoms with Gasteiger partial charge in [-0.15, -0.1) is 0 Å². The zero-order chi connectivity index (χ0) is 32.3. The van der Waals surface area contributed by atoms with Crippen LogP contribution in [0.5, 0.6) is 0 Å². The summed E-state index contributed by atoms with van der Waals surface area (Å²) in [6, 6.07) is 15.5. The minimum Gasteiger partial charge on any atom is -0.466 e. The fourth-order valence-corrected chi connectivity index (χ4v) is 6.29. The number of carbonyl (C=O) groups excluding carboxylic acids is 3. The van der Waals surface area contributed by atoms with Crippen molar-refractivity contribution in [2.75, 3.05) is 14.2 Å². The van der Waals surface area contributed by atoms with E-state index in [9.17, 15) is 24.3 Å². The number of hydrogen-bond donors (Lipinski definition) is 2. The van der Waals surface area contributed by atoms with Gasteiger partial charge in [0.05, 0.1) is 65.9 Å². The molecule has 5 heterocycles. The normalized spacial score (nSPS) is 19.0. The second kappa shape index (κ2) is 11.1. The number of ether oxygens (including phenoxy) is 2. The van der Waals surface area contributed by atoms with Crippen LogP contribution >= 0.6 is 0 Å². The van der Waals surface area contributed by atoms with Gasteiger partial charge in [-0.1, -0.05) is 30.3 Å². The Morgan fingerprint density at radius 2 is 1.89 bits per heavy atom. The number of urea groups is 1. The minimum absolute atomic E-state index is 0.196. The molecule has 46 heavy (non-hydrogen) atoms. The number of allylic oxidation sites excluding steroid dienone is 1. The Hall–Kier alpha value is -5.62. The van der Waals surface area contributed by atoms with Gasteiger partial charge in [-0.2, -0.15) is 0 Å². The van der Waals surface area contributed by atoms with Gasteiger partial charge in [0.2, 0.25) is 0 Å². The van der Waals surface area contributed by atoms with E-state index in [1.54, 1.807) is 55.1 Å². The van der Waals surface area contributed by atoms with Crippen molar-refractivity contribution in [1.29, 1.82) is 0 Å². The molecule has 2 aromatic heterocycles. The van der Waals surface area contributed by atoms with E-state index in [0.717, 1.165) is 16.5 Å². The van der Waals surface area contributed by atoms with Crippen molar-refractivity contribution in [1.82, 2.24) is 19.8 Å². The predicted molar refractivity (Wildman–Crippen MR) is 167 cm³/mol. The molecule has 12 heteroatoms. The van der Waals surface area contributed by atoms with Crippen molar-refractivity contribution in [3.8, 4) is 11.4 Å². The Labute approximate surface area is 262 Å². The van der Waals surface area contributed by atoms with Gasteiger partial charge in [-0.25, -0.2) is 14.6 Å². The summed E-state index contributed by atoms with van der Waals surface area (Å²) in [6.45, 7) is 1.74. The van der Waals surface area contributed by atoms with Crippen molar-refractivity contribution in [2.45, 2.75) is 38.6 Å². The summed E-state index contributed by atoms with van der Waals surface area (Å²) < 4.78 is 11.8. The molecule has 4 aromatic rings. The Bertz CT molecular complexity index is 2100. The lowest BCUT2D eigenvalue weighted by Crippen LogP contribution is -2.46. The van der Waals surface area contributed by atoms with Gasteiger partial charge >= 0.3 is 18.0 Å². The molecule has 3 aliphatic rings. The third kappa shape index (κ3) is 4.65. The number of aliphatic imine (C=N–C) groups is 1. The maximum atomic E-state index is 13.6. The fraction of sp³-hybridized carbons (Fsp3) is 0.235. The predicted octanol–water partition coefficient (Wildman–Crippen LogP) is 3.80. The summed E-state index contributed by atoms with van der Waals surface area (Å²) in [4.78, 5) is 61.7. The van der Waals surface area contributed by atoms with E-state index in [4.69, 9.17) is 19.5 Å². The molecule has 7 rings (SSSR count). The van der Waals surface area contributed by atoms with Crippen LogP contribution in [0.3, 0.4) is 0 Å². The number of rotatable bonds is 4. The first-order valence-electron chi connectivity index (χ1n) is 14.7. The lowest BCUT2D eigenvalue weighted by atomic mass is 9.95. The van der Waals surface area contributed by atoms with Gasteiger partial charge in [0, 0.05) is 35.5 Å². The number of cyclic esters (lactones) is 1. The molecule has 2 amide bonds. The van der Waals surface area contributed by atoms with Crippen molar-refractivity contribution in [2.24, 2.45) is 4.99 Å². The number of carbonyl (C=O) groups is 3. The maximum absolute atomic E-state index is 13.6. The van der Waals surface area contributed by atoms with Gasteiger partial charge in [0.1, 0.15) is 6.61 Å². The summed E-state index contributed by atoms with van der Waals surface area (Å²) in [7, 11) is 2.89. The number of aromatic nitrogens is 2. The molecule has 0 spiro atoms. The summed E-state index contributed by atoms with van der Waals surface area (Å²) >= 11 is 0. The van der Waals surface area contributed by atoms with Crippen molar-refractivity contribution >= 4 is 40.8 Å². The van der Waals surface area contributed by atoms with Gasteiger partial charge in [-0.05, 0) is 42.3 Å². The number of methoxy groups -OCH3 is 1. The molecule has 12 nitrogen and oxygen atoms in total. The average Bonchev–Trinajstić information content (AvgIpc) is 3.35. The van der Waals surface area contributed by atoms with Crippen molar-refractivity contribution in [3.05, 3.63) is 104 Å². The molecule has 0 saturated heterocycles. The standard InChI is InChI=1S/C34H29N5O7/c1-17-29(33(43)45-3)30(37-34(44)38(17)2)18-8-10-19(11-9-18)35-14-22-20-6-4-5-7-25(20)36-31-23(22)15-39-26(31)12-21-24(32(39)42)16-46-28(41)13-27(21)40/h4-12,14,27,30,40H,13,15-16H2,1-3H3,(H,37,44)/t27-,30?/m0/s1. The topological polar surface area (TPSA) is 152 Å². The smallest absolute Gasteiger partial charge is 0.337 e. The molecule has 1 unspecified atom stereocenters. The van der Waals surface area contributed by atoms with Gasteiger partial charge in [0.25, 0.3) is 5.56 Å². The molecule has 232 valence electrons. The van der Waals surface area contributed by atoms with Gasteiger partial charge in [-0.3, -0.25) is 14.6 Å². The molecular weight excluding hydrogens is 590 g/mol. The highest BCUT2D eigenvalue weighted by atomic mass is 16.5. The first-order chi connectivity index (χ1) is 22.2. The first kappa shape index (κ1) is 29.1. The van der Waals surface area contributed by atoms with E-state index in [-0.39, 0.29) is 36.7 Å². The molecule has 2 aromatic carbocycles. The van der Waals surface area contributed by atoms with Crippen LogP contribution in [0, 0.1) is 0 Å². The largest absolute Gasteiger partial charge is 0.466 e. The molecule has 2 N–H and O–H groups in total. The van der Waals surface area contributed by atoms with Crippen LogP contribution in [-0.2, 0) is 32.2 Å². The highest BCUT2D eigenvalue weighted by molar-refractivity contribution is 6.03. The van der Waals surface area contributed by atoms with Crippen molar-refractivity contribution < 1.29 is 29.0 Å². The summed E-state index contributed by atoms with van der Waals surface area (Å²) in [6.07, 6.45) is 0.370. The van der Waals surface area contributed by atoms with Crippen LogP contribution in [0.25, 0.3) is 22.3 Å².